The van der Waals surface area contributed by atoms with Gasteiger partial charge in [-0.3, -0.25) is 18.9 Å². The average Bonchev–Trinajstić information content (AvgIpc) is 3.62. The monoisotopic (exact) mass is 536 g/mol. The lowest BCUT2D eigenvalue weighted by molar-refractivity contribution is 0.130. The first kappa shape index (κ1) is 25.5. The second-order valence-electron chi connectivity index (χ2n) is 9.62. The summed E-state index contributed by atoms with van der Waals surface area (Å²) in [7, 11) is 0. The summed E-state index contributed by atoms with van der Waals surface area (Å²) >= 11 is 0. The third kappa shape index (κ3) is 4.87. The Kier molecular flexibility index (Phi) is 6.88. The molecule has 0 spiro atoms. The van der Waals surface area contributed by atoms with Crippen LogP contribution in [0.5, 0.6) is 5.75 Å². The normalized spacial score (nSPS) is 12.3. The highest BCUT2D eigenvalue weighted by molar-refractivity contribution is 5.80. The predicted octanol–water partition coefficient (Wildman–Crippen LogP) is 4.61. The number of hydrogen-bond acceptors (Lipinski definition) is 7. The van der Waals surface area contributed by atoms with Crippen LogP contribution in [0.4, 0.5) is 0 Å². The van der Waals surface area contributed by atoms with E-state index >= 15 is 0 Å². The summed E-state index contributed by atoms with van der Waals surface area (Å²) in [5.41, 5.74) is 6.57. The summed E-state index contributed by atoms with van der Waals surface area (Å²) in [6.07, 6.45) is 1.23. The zero-order valence-corrected chi connectivity index (χ0v) is 22.3. The van der Waals surface area contributed by atoms with Gasteiger partial charge in [-0.2, -0.15) is 0 Å². The molecule has 0 saturated heterocycles. The van der Waals surface area contributed by atoms with Gasteiger partial charge >= 0.3 is 5.76 Å². The van der Waals surface area contributed by atoms with Gasteiger partial charge in [0.15, 0.2) is 5.82 Å². The van der Waals surface area contributed by atoms with Crippen molar-refractivity contribution in [2.75, 3.05) is 13.2 Å². The van der Waals surface area contributed by atoms with Crippen molar-refractivity contribution < 1.29 is 14.0 Å². The number of H-pyrrole nitrogens is 1. The fraction of sp³-hybridized carbons (Fsp3) is 0.226. The third-order valence-electron chi connectivity index (χ3n) is 7.07. The van der Waals surface area contributed by atoms with Gasteiger partial charge in [0.1, 0.15) is 11.6 Å². The third-order valence-corrected chi connectivity index (χ3v) is 7.07. The van der Waals surface area contributed by atoms with E-state index in [2.05, 4.69) is 10.1 Å². The first-order valence-electron chi connectivity index (χ1n) is 13.2. The molecule has 6 rings (SSSR count). The smallest absolute Gasteiger partial charge is 0.439 e. The summed E-state index contributed by atoms with van der Waals surface area (Å²) in [6.45, 7) is 5.21. The van der Waals surface area contributed by atoms with Crippen molar-refractivity contribution in [1.82, 2.24) is 19.7 Å². The van der Waals surface area contributed by atoms with Crippen LogP contribution < -0.4 is 16.1 Å². The lowest BCUT2D eigenvalue weighted by Crippen LogP contribution is -2.28. The van der Waals surface area contributed by atoms with Gasteiger partial charge in [-0.25, -0.2) is 9.78 Å². The second-order valence-corrected chi connectivity index (χ2v) is 9.62. The Morgan fingerprint density at radius 3 is 2.58 bits per heavy atom. The van der Waals surface area contributed by atoms with Crippen molar-refractivity contribution in [3.05, 3.63) is 116 Å². The topological polar surface area (TPSA) is 112 Å². The number of aromatic nitrogens is 4. The van der Waals surface area contributed by atoms with Gasteiger partial charge in [0.2, 0.25) is 0 Å². The predicted molar refractivity (Wildman–Crippen MR) is 150 cm³/mol. The number of nitrogens with one attached hydrogen (secondary N) is 1. The number of aromatic amines is 1. The molecule has 0 aliphatic carbocycles. The molecule has 9 heteroatoms. The van der Waals surface area contributed by atoms with Crippen LogP contribution in [0.3, 0.4) is 0 Å². The number of hydrogen-bond donors (Lipinski definition) is 1. The maximum absolute atomic E-state index is 14.0. The van der Waals surface area contributed by atoms with Crippen molar-refractivity contribution in [3.63, 3.8) is 0 Å². The molecule has 0 unspecified atom stereocenters. The minimum Gasteiger partial charge on any atom is -0.493 e. The van der Waals surface area contributed by atoms with Gasteiger partial charge in [-0.15, -0.1) is 0 Å². The molecule has 5 aromatic rings. The Morgan fingerprint density at radius 2 is 1.82 bits per heavy atom. The molecule has 1 N–H and O–H groups in total. The quantitative estimate of drug-likeness (QED) is 0.308. The molecule has 0 bridgehead atoms. The van der Waals surface area contributed by atoms with Gasteiger partial charge in [0, 0.05) is 30.6 Å². The number of aryl methyl sites for hydroxylation is 1. The molecular formula is C31H28N4O5. The van der Waals surface area contributed by atoms with Gasteiger partial charge in [-0.05, 0) is 54.3 Å². The van der Waals surface area contributed by atoms with Crippen LogP contribution in [0.25, 0.3) is 28.2 Å². The van der Waals surface area contributed by atoms with Gasteiger partial charge < -0.3 is 9.47 Å². The summed E-state index contributed by atoms with van der Waals surface area (Å²) < 4.78 is 17.7. The molecule has 40 heavy (non-hydrogen) atoms. The fourth-order valence-corrected chi connectivity index (χ4v) is 5.12. The van der Waals surface area contributed by atoms with Crippen molar-refractivity contribution in [3.8, 4) is 34.0 Å². The number of nitrogens with zero attached hydrogens (tertiary/aromatic N) is 3. The fourth-order valence-electron chi connectivity index (χ4n) is 5.12. The Labute approximate surface area is 230 Å². The van der Waals surface area contributed by atoms with Crippen LogP contribution >= 0.6 is 0 Å². The van der Waals surface area contributed by atoms with Crippen LogP contribution in [-0.4, -0.2) is 32.9 Å². The van der Waals surface area contributed by atoms with Crippen molar-refractivity contribution in [2.24, 2.45) is 0 Å². The molecule has 0 atom stereocenters. The van der Waals surface area contributed by atoms with E-state index in [1.54, 1.807) is 4.57 Å². The van der Waals surface area contributed by atoms with Gasteiger partial charge in [0.05, 0.1) is 24.6 Å². The minimum absolute atomic E-state index is 0.106. The number of fused-ring (bicyclic) bond motifs is 1. The highest BCUT2D eigenvalue weighted by Gasteiger charge is 2.19. The molecular weight excluding hydrogens is 508 g/mol. The van der Waals surface area contributed by atoms with Crippen molar-refractivity contribution >= 4 is 0 Å². The number of rotatable bonds is 8. The highest BCUT2D eigenvalue weighted by Crippen LogP contribution is 2.30. The van der Waals surface area contributed by atoms with Crippen molar-refractivity contribution in [1.29, 1.82) is 0 Å². The van der Waals surface area contributed by atoms with Crippen LogP contribution in [-0.2, 0) is 24.2 Å². The molecule has 9 nitrogen and oxygen atoms in total. The lowest BCUT2D eigenvalue weighted by atomic mass is 9.96. The summed E-state index contributed by atoms with van der Waals surface area (Å²) in [6, 6.07) is 21.5. The second kappa shape index (κ2) is 10.8. The zero-order chi connectivity index (χ0) is 27.6. The maximum Gasteiger partial charge on any atom is 0.439 e. The standard InChI is InChI=1S/C31H28N4O5/c1-3-38-18-27-26(30(36)35(19(2)32-27)23-12-13-28-22(17-23)14-15-39-28)16-20-8-10-21(11-9-20)24-6-4-5-7-25(24)29-33-31(37)40-34-29/h4-13,17H,3,14-16,18H2,1-2H3,(H,33,34,37). The number of benzene rings is 3. The van der Waals surface area contributed by atoms with E-state index in [1.807, 2.05) is 80.6 Å². The Morgan fingerprint density at radius 1 is 1.02 bits per heavy atom. The molecule has 1 aliphatic heterocycles. The Hall–Kier alpha value is -4.76. The molecule has 1 aliphatic rings. The van der Waals surface area contributed by atoms with Crippen LogP contribution in [0.15, 0.2) is 80.8 Å². The Balaban J connectivity index is 1.36. The molecule has 0 radical (unpaired) electrons. The van der Waals surface area contributed by atoms with Gasteiger partial charge in [0.25, 0.3) is 5.56 Å². The Bertz CT molecular complexity index is 1800. The van der Waals surface area contributed by atoms with Crippen LogP contribution in [0.2, 0.25) is 0 Å². The van der Waals surface area contributed by atoms with Crippen LogP contribution in [0, 0.1) is 6.92 Å². The summed E-state index contributed by atoms with van der Waals surface area (Å²) in [4.78, 5) is 32.9. The molecule has 3 heterocycles. The lowest BCUT2D eigenvalue weighted by Gasteiger charge is -2.16. The van der Waals surface area contributed by atoms with E-state index < -0.39 is 5.76 Å². The first-order valence-corrected chi connectivity index (χ1v) is 13.2. The zero-order valence-electron chi connectivity index (χ0n) is 22.3. The van der Waals surface area contributed by atoms with Gasteiger partial charge in [-0.1, -0.05) is 53.7 Å². The molecule has 2 aromatic heterocycles. The molecule has 0 fully saturated rings. The van der Waals surface area contributed by atoms with E-state index in [0.29, 0.717) is 42.5 Å². The molecule has 3 aromatic carbocycles. The molecule has 0 amide bonds. The van der Waals surface area contributed by atoms with Crippen LogP contribution in [0.1, 0.15) is 35.1 Å². The van der Waals surface area contributed by atoms with E-state index in [1.165, 1.54) is 0 Å². The SMILES string of the molecule is CCOCc1nc(C)n(-c2ccc3c(c2)CCO3)c(=O)c1Cc1ccc(-c2ccccc2-c2noc(=O)[nH]2)cc1. The summed E-state index contributed by atoms with van der Waals surface area (Å²) in [5, 5.41) is 3.84. The van der Waals surface area contributed by atoms with Crippen molar-refractivity contribution in [2.45, 2.75) is 33.3 Å². The molecule has 0 saturated carbocycles. The first-order chi connectivity index (χ1) is 19.5. The summed E-state index contributed by atoms with van der Waals surface area (Å²) in [5.74, 6) is 1.25. The largest absolute Gasteiger partial charge is 0.493 e. The minimum atomic E-state index is -0.603. The van der Waals surface area contributed by atoms with E-state index in [9.17, 15) is 9.59 Å². The van der Waals surface area contributed by atoms with E-state index in [0.717, 1.165) is 45.7 Å². The van der Waals surface area contributed by atoms with E-state index in [-0.39, 0.29) is 12.2 Å². The number of ether oxygens (including phenoxy) is 2. The highest BCUT2D eigenvalue weighted by atomic mass is 16.5. The maximum atomic E-state index is 14.0. The van der Waals surface area contributed by atoms with E-state index in [4.69, 9.17) is 19.0 Å². The molecule has 202 valence electrons. The average molecular weight is 537 g/mol.